The standard InChI is InChI=1S/C61H81N3O27S4/c1-60(2)53(7-6-8-54-61(3,16-20-83-26-29-87-32-31-85-24-23-81-5)59-48-39-43(92(68,69)70)9-10-45(48)52(95(77,78)79)42-50(59)63(54)17-21-80-4)62(49-12-11-46-47(58(49)60)40-44(93(71,72)73)41-51(46)94(74,75)76)18-22-84-27-30-88-34-36-90-38-37-89-35-33-86-28-25-82-19-15-57(67)91-64-55(65)13-14-56(64)66/h6-12,39-42H,13-38H2,1-5H3,(H3-,68,69,70,71,72,73,74,75,76,77,78,79)/p+1. The normalized spacial score (nSPS) is 17.3. The molecule has 7 rings (SSSR count). The van der Waals surface area contributed by atoms with E-state index in [1.54, 1.807) is 36.0 Å². The topological polar surface area (TPSA) is 389 Å². The molecular formula is C61H82N3O27S4+. The maximum Gasteiger partial charge on any atom is 0.335 e. The molecule has 1 atom stereocenters. The van der Waals surface area contributed by atoms with E-state index in [9.17, 15) is 66.3 Å². The number of nitrogens with zero attached hydrogens (tertiary/aromatic N) is 3. The van der Waals surface area contributed by atoms with Crippen molar-refractivity contribution < 1.29 is 128 Å². The average molecular weight is 1420 g/mol. The molecule has 0 saturated carbocycles. The van der Waals surface area contributed by atoms with Crippen LogP contribution < -0.4 is 4.90 Å². The van der Waals surface area contributed by atoms with Gasteiger partial charge in [0.2, 0.25) is 5.69 Å². The highest BCUT2D eigenvalue weighted by Gasteiger charge is 2.50. The van der Waals surface area contributed by atoms with E-state index in [0.29, 0.717) is 65.8 Å². The van der Waals surface area contributed by atoms with Gasteiger partial charge in [0.25, 0.3) is 52.3 Å². The number of anilines is 1. The highest BCUT2D eigenvalue weighted by atomic mass is 32.2. The highest BCUT2D eigenvalue weighted by Crippen LogP contribution is 2.53. The van der Waals surface area contributed by atoms with Gasteiger partial charge in [-0.15, -0.1) is 5.06 Å². The molecule has 0 bridgehead atoms. The van der Waals surface area contributed by atoms with Gasteiger partial charge < -0.3 is 61.8 Å². The number of ether oxygens (including phenoxy) is 11. The number of hydroxylamine groups is 2. The van der Waals surface area contributed by atoms with Crippen LogP contribution >= 0.6 is 0 Å². The van der Waals surface area contributed by atoms with Crippen molar-refractivity contribution in [2.45, 2.75) is 76.9 Å². The molecule has 0 radical (unpaired) electrons. The minimum absolute atomic E-state index is 0.00486. The van der Waals surface area contributed by atoms with Crippen molar-refractivity contribution in [3.05, 3.63) is 83.6 Å². The third-order valence-corrected chi connectivity index (χ3v) is 19.2. The largest absolute Gasteiger partial charge is 0.382 e. The van der Waals surface area contributed by atoms with E-state index in [2.05, 4.69) is 0 Å². The number of imide groups is 1. The summed E-state index contributed by atoms with van der Waals surface area (Å²) >= 11 is 0. The average Bonchev–Trinajstić information content (AvgIpc) is 1.59. The quantitative estimate of drug-likeness (QED) is 0.0206. The van der Waals surface area contributed by atoms with Gasteiger partial charge in [0.1, 0.15) is 16.4 Å². The Bertz CT molecular complexity index is 3940. The predicted octanol–water partition coefficient (Wildman–Crippen LogP) is 4.40. The molecule has 34 heteroatoms. The van der Waals surface area contributed by atoms with Crippen molar-refractivity contribution in [3.8, 4) is 0 Å². The molecule has 4 aromatic rings. The molecule has 1 saturated heterocycles. The van der Waals surface area contributed by atoms with E-state index < -0.39 is 88.7 Å². The van der Waals surface area contributed by atoms with Crippen molar-refractivity contribution in [2.75, 3.05) is 164 Å². The number of hydrogen-bond acceptors (Lipinski definition) is 24. The summed E-state index contributed by atoms with van der Waals surface area (Å²) in [5, 5.41) is 0.591. The number of carbonyl (C=O) groups is 3. The van der Waals surface area contributed by atoms with Gasteiger partial charge in [-0.2, -0.15) is 38.2 Å². The number of amides is 2. The molecule has 0 aliphatic carbocycles. The van der Waals surface area contributed by atoms with Crippen LogP contribution in [0.1, 0.15) is 57.6 Å². The summed E-state index contributed by atoms with van der Waals surface area (Å²) in [6.07, 6.45) is 5.32. The van der Waals surface area contributed by atoms with E-state index in [0.717, 1.165) is 18.2 Å². The Kier molecular flexibility index (Phi) is 27.9. The lowest BCUT2D eigenvalue weighted by Gasteiger charge is -2.27. The maximum absolute atomic E-state index is 13.2. The van der Waals surface area contributed by atoms with Crippen LogP contribution in [0.4, 0.5) is 11.4 Å². The summed E-state index contributed by atoms with van der Waals surface area (Å²) in [6, 6.07) is 9.53. The molecule has 95 heavy (non-hydrogen) atoms. The maximum atomic E-state index is 13.2. The minimum atomic E-state index is -5.08. The predicted molar refractivity (Wildman–Crippen MR) is 339 cm³/mol. The van der Waals surface area contributed by atoms with Crippen LogP contribution in [0.2, 0.25) is 0 Å². The molecule has 4 aromatic carbocycles. The first-order valence-electron chi connectivity index (χ1n) is 30.2. The molecule has 526 valence electrons. The molecule has 0 spiro atoms. The molecule has 1 unspecified atom stereocenters. The zero-order chi connectivity index (χ0) is 69.2. The van der Waals surface area contributed by atoms with Crippen LogP contribution in [-0.2, 0) is 123 Å². The lowest BCUT2D eigenvalue weighted by molar-refractivity contribution is -0.441. The van der Waals surface area contributed by atoms with E-state index in [1.807, 2.05) is 25.7 Å². The van der Waals surface area contributed by atoms with Crippen LogP contribution in [0.3, 0.4) is 0 Å². The summed E-state index contributed by atoms with van der Waals surface area (Å²) in [5.74, 6) is -1.88. The number of fused-ring (bicyclic) bond motifs is 6. The number of hydrogen-bond donors (Lipinski definition) is 4. The SMILES string of the molecule is COCCOCCOCCOCCC1(C)C(/C=C/C=C2/N(CCOCCOCCOCCOCCOCCOCCC(=O)ON3C(=O)CCC3=O)c3ccc4c(S(=O)(=O)O)cc(S(=O)(=O)O)cc4c3C2(C)C)=[N+](CCOC)c2cc(S(=O)(=O)O)c3ccc(S(=O)(=O)O)cc3c21. The zero-order valence-electron chi connectivity index (χ0n) is 53.4. The highest BCUT2D eigenvalue weighted by molar-refractivity contribution is 7.87. The van der Waals surface area contributed by atoms with Crippen molar-refractivity contribution >= 4 is 96.9 Å². The van der Waals surface area contributed by atoms with Crippen molar-refractivity contribution in [1.82, 2.24) is 5.06 Å². The second-order valence-electron chi connectivity index (χ2n) is 22.5. The first-order chi connectivity index (χ1) is 45.0. The van der Waals surface area contributed by atoms with Crippen molar-refractivity contribution in [1.29, 1.82) is 0 Å². The van der Waals surface area contributed by atoms with Crippen molar-refractivity contribution in [3.63, 3.8) is 0 Å². The van der Waals surface area contributed by atoms with Gasteiger partial charge in [0.15, 0.2) is 12.3 Å². The van der Waals surface area contributed by atoms with Gasteiger partial charge in [-0.3, -0.25) is 27.8 Å². The van der Waals surface area contributed by atoms with Gasteiger partial charge in [0, 0.05) is 85.5 Å². The van der Waals surface area contributed by atoms with E-state index >= 15 is 0 Å². The van der Waals surface area contributed by atoms with Crippen LogP contribution in [0.25, 0.3) is 21.5 Å². The third-order valence-electron chi connectivity index (χ3n) is 15.7. The van der Waals surface area contributed by atoms with Gasteiger partial charge in [-0.1, -0.05) is 32.1 Å². The molecule has 3 aliphatic rings. The Balaban J connectivity index is 1.06. The Hall–Kier alpha value is -5.84. The molecule has 30 nitrogen and oxygen atoms in total. The van der Waals surface area contributed by atoms with Gasteiger partial charge in [-0.05, 0) is 66.1 Å². The zero-order valence-corrected chi connectivity index (χ0v) is 56.7. The Morgan fingerprint density at radius 1 is 0.526 bits per heavy atom. The summed E-state index contributed by atoms with van der Waals surface area (Å²) < 4.78 is 208. The smallest absolute Gasteiger partial charge is 0.335 e. The number of rotatable bonds is 43. The number of methoxy groups -OCH3 is 2. The molecule has 3 heterocycles. The summed E-state index contributed by atoms with van der Waals surface area (Å²) in [7, 11) is -16.9. The third kappa shape index (κ3) is 20.2. The fourth-order valence-electron chi connectivity index (χ4n) is 11.3. The Labute approximate surface area is 551 Å². The lowest BCUT2D eigenvalue weighted by Crippen LogP contribution is -2.33. The summed E-state index contributed by atoms with van der Waals surface area (Å²) in [5.41, 5.74) is 0.418. The van der Waals surface area contributed by atoms with Crippen molar-refractivity contribution in [2.24, 2.45) is 0 Å². The first kappa shape index (κ1) is 76.5. The minimum Gasteiger partial charge on any atom is -0.382 e. The van der Waals surface area contributed by atoms with E-state index in [1.165, 1.54) is 25.3 Å². The fraction of sp³-hybridized carbons (Fsp3) is 0.541. The van der Waals surface area contributed by atoms with Crippen LogP contribution in [-0.4, -0.2) is 244 Å². The van der Waals surface area contributed by atoms with Gasteiger partial charge in [0.05, 0.1) is 141 Å². The lowest BCUT2D eigenvalue weighted by atomic mass is 9.74. The molecule has 0 aromatic heterocycles. The monoisotopic (exact) mass is 1420 g/mol. The summed E-state index contributed by atoms with van der Waals surface area (Å²) in [6.45, 7) is 10.2. The van der Waals surface area contributed by atoms with Crippen LogP contribution in [0, 0.1) is 0 Å². The number of carbonyl (C=O) groups excluding carboxylic acids is 3. The van der Waals surface area contributed by atoms with E-state index in [4.69, 9.17) is 56.9 Å². The van der Waals surface area contributed by atoms with Gasteiger partial charge >= 0.3 is 5.97 Å². The Morgan fingerprint density at radius 3 is 1.48 bits per heavy atom. The first-order valence-corrected chi connectivity index (χ1v) is 36.0. The molecular weight excluding hydrogens is 1330 g/mol. The number of allylic oxidation sites excluding steroid dienone is 4. The second kappa shape index (κ2) is 34.6. The molecule has 2 amide bonds. The van der Waals surface area contributed by atoms with Crippen LogP contribution in [0.5, 0.6) is 0 Å². The Morgan fingerprint density at radius 2 is 0.979 bits per heavy atom. The molecule has 3 aliphatic heterocycles. The fourth-order valence-corrected chi connectivity index (χ4v) is 13.8. The molecule has 4 N–H and O–H groups in total. The van der Waals surface area contributed by atoms with E-state index in [-0.39, 0.29) is 172 Å². The molecule has 1 fully saturated rings. The van der Waals surface area contributed by atoms with Crippen LogP contribution in [0.15, 0.2) is 92.0 Å². The second-order valence-corrected chi connectivity index (χ2v) is 28.1. The summed E-state index contributed by atoms with van der Waals surface area (Å²) in [4.78, 5) is 39.1. The number of benzene rings is 4. The van der Waals surface area contributed by atoms with Gasteiger partial charge in [-0.25, -0.2) is 4.79 Å².